The number of aryl methyl sites for hydroxylation is 2. The van der Waals surface area contributed by atoms with E-state index in [0.29, 0.717) is 18.8 Å². The number of hydrogen-bond donors (Lipinski definition) is 0. The van der Waals surface area contributed by atoms with Crippen LogP contribution < -0.4 is 0 Å². The third-order valence-corrected chi connectivity index (χ3v) is 5.05. The minimum Gasteiger partial charge on any atom is -0.229 e. The fourth-order valence-corrected chi connectivity index (χ4v) is 3.55. The van der Waals surface area contributed by atoms with Crippen molar-refractivity contribution in [1.29, 1.82) is 0 Å². The number of benzene rings is 1. The summed E-state index contributed by atoms with van der Waals surface area (Å²) in [5.41, 5.74) is 1.16. The number of nitrogens with zero attached hydrogens (tertiary/aromatic N) is 4. The second-order valence-electron chi connectivity index (χ2n) is 5.35. The molecule has 0 N–H and O–H groups in total. The average Bonchev–Trinajstić information content (AvgIpc) is 2.92. The van der Waals surface area contributed by atoms with E-state index in [9.17, 15) is 8.42 Å². The van der Waals surface area contributed by atoms with Gasteiger partial charge in [0.05, 0.1) is 5.75 Å². The Labute approximate surface area is 131 Å². The maximum atomic E-state index is 12.2. The lowest BCUT2D eigenvalue weighted by molar-refractivity contribution is 0.535. The molecule has 0 unspecified atom stereocenters. The summed E-state index contributed by atoms with van der Waals surface area (Å²) in [6.45, 7) is 2.74. The summed E-state index contributed by atoms with van der Waals surface area (Å²) in [7, 11) is -3.19. The summed E-state index contributed by atoms with van der Waals surface area (Å²) in [6, 6.07) is 9.91. The van der Waals surface area contributed by atoms with Gasteiger partial charge in [0.15, 0.2) is 15.7 Å². The Hall–Kier alpha value is -1.76. The molecule has 0 aliphatic rings. The van der Waals surface area contributed by atoms with Gasteiger partial charge in [0.1, 0.15) is 5.75 Å². The molecule has 0 spiro atoms. The summed E-state index contributed by atoms with van der Waals surface area (Å²) < 4.78 is 26.0. The van der Waals surface area contributed by atoms with Gasteiger partial charge in [0.2, 0.25) is 0 Å². The van der Waals surface area contributed by atoms with Crippen LogP contribution in [-0.2, 0) is 28.6 Å². The molecular formula is C15H22N4O2S. The Kier molecular flexibility index (Phi) is 6.06. The van der Waals surface area contributed by atoms with Crippen molar-refractivity contribution >= 4 is 9.84 Å². The van der Waals surface area contributed by atoms with Gasteiger partial charge in [-0.3, -0.25) is 0 Å². The lowest BCUT2D eigenvalue weighted by atomic mass is 10.1. The standard InChI is InChI=1S/C15H22N4O2S/c1-2-3-11-19-15(16-17-18-19)13-22(20,21)12-7-10-14-8-5-4-6-9-14/h4-6,8-9H,2-3,7,10-13H2,1H3. The summed E-state index contributed by atoms with van der Waals surface area (Å²) in [5.74, 6) is 0.509. The molecule has 1 aromatic carbocycles. The van der Waals surface area contributed by atoms with Crippen molar-refractivity contribution in [3.63, 3.8) is 0 Å². The summed E-state index contributed by atoms with van der Waals surface area (Å²) >= 11 is 0. The van der Waals surface area contributed by atoms with Crippen LogP contribution in [-0.4, -0.2) is 34.4 Å². The van der Waals surface area contributed by atoms with Gasteiger partial charge in [-0.05, 0) is 35.3 Å². The number of unbranched alkanes of at least 4 members (excludes halogenated alkanes) is 1. The third kappa shape index (κ3) is 5.22. The van der Waals surface area contributed by atoms with E-state index in [-0.39, 0.29) is 11.5 Å². The second kappa shape index (κ2) is 8.03. The van der Waals surface area contributed by atoms with E-state index < -0.39 is 9.84 Å². The van der Waals surface area contributed by atoms with Gasteiger partial charge >= 0.3 is 0 Å². The highest BCUT2D eigenvalue weighted by Gasteiger charge is 2.17. The Morgan fingerprint density at radius 3 is 2.64 bits per heavy atom. The molecule has 120 valence electrons. The van der Waals surface area contributed by atoms with Crippen LogP contribution in [0.15, 0.2) is 30.3 Å². The zero-order valence-corrected chi connectivity index (χ0v) is 13.7. The predicted molar refractivity (Wildman–Crippen MR) is 85.0 cm³/mol. The second-order valence-corrected chi connectivity index (χ2v) is 7.54. The fourth-order valence-electron chi connectivity index (χ4n) is 2.22. The summed E-state index contributed by atoms with van der Waals surface area (Å²) in [5, 5.41) is 11.3. The number of rotatable bonds is 9. The Bertz CT molecular complexity index is 668. The lowest BCUT2D eigenvalue weighted by Gasteiger charge is -2.05. The highest BCUT2D eigenvalue weighted by atomic mass is 32.2. The van der Waals surface area contributed by atoms with Crippen LogP contribution in [0.1, 0.15) is 37.6 Å². The minimum atomic E-state index is -3.19. The molecule has 0 fully saturated rings. The molecule has 0 saturated carbocycles. The normalized spacial score (nSPS) is 11.7. The monoisotopic (exact) mass is 322 g/mol. The molecular weight excluding hydrogens is 300 g/mol. The van der Waals surface area contributed by atoms with Crippen LogP contribution in [0, 0.1) is 0 Å². The Balaban J connectivity index is 1.87. The topological polar surface area (TPSA) is 77.7 Å². The van der Waals surface area contributed by atoms with Gasteiger partial charge in [0.25, 0.3) is 0 Å². The van der Waals surface area contributed by atoms with E-state index in [0.717, 1.165) is 24.8 Å². The predicted octanol–water partition coefficient (Wildman–Crippen LogP) is 2.02. The summed E-state index contributed by atoms with van der Waals surface area (Å²) in [6.07, 6.45) is 3.33. The van der Waals surface area contributed by atoms with Crippen molar-refractivity contribution in [1.82, 2.24) is 20.2 Å². The molecule has 6 nitrogen and oxygen atoms in total. The molecule has 0 saturated heterocycles. The fraction of sp³-hybridized carbons (Fsp3) is 0.533. The number of sulfone groups is 1. The van der Waals surface area contributed by atoms with Gasteiger partial charge in [-0.25, -0.2) is 13.1 Å². The first-order valence-corrected chi connectivity index (χ1v) is 9.42. The average molecular weight is 322 g/mol. The van der Waals surface area contributed by atoms with E-state index in [4.69, 9.17) is 0 Å². The van der Waals surface area contributed by atoms with Crippen molar-refractivity contribution in [3.05, 3.63) is 41.7 Å². The molecule has 1 heterocycles. The van der Waals surface area contributed by atoms with Gasteiger partial charge < -0.3 is 0 Å². The molecule has 1 aromatic heterocycles. The minimum absolute atomic E-state index is 0.0848. The molecule has 0 aliphatic heterocycles. The molecule has 22 heavy (non-hydrogen) atoms. The van der Waals surface area contributed by atoms with Crippen LogP contribution in [0.25, 0.3) is 0 Å². The molecule has 2 rings (SSSR count). The zero-order chi connectivity index (χ0) is 15.8. The molecule has 0 radical (unpaired) electrons. The van der Waals surface area contributed by atoms with Crippen LogP contribution >= 0.6 is 0 Å². The van der Waals surface area contributed by atoms with Crippen LogP contribution in [0.5, 0.6) is 0 Å². The number of hydrogen-bond acceptors (Lipinski definition) is 5. The van der Waals surface area contributed by atoms with Gasteiger partial charge in [-0.1, -0.05) is 43.7 Å². The first-order chi connectivity index (χ1) is 10.6. The van der Waals surface area contributed by atoms with E-state index in [1.54, 1.807) is 4.68 Å². The summed E-state index contributed by atoms with van der Waals surface area (Å²) in [4.78, 5) is 0. The SMILES string of the molecule is CCCCn1nnnc1CS(=O)(=O)CCCc1ccccc1. The molecule has 7 heteroatoms. The van der Waals surface area contributed by atoms with E-state index in [1.165, 1.54) is 0 Å². The van der Waals surface area contributed by atoms with Crippen LogP contribution in [0.4, 0.5) is 0 Å². The largest absolute Gasteiger partial charge is 0.229 e. The number of tetrazole rings is 1. The van der Waals surface area contributed by atoms with Crippen molar-refractivity contribution in [2.45, 2.75) is 44.9 Å². The lowest BCUT2D eigenvalue weighted by Crippen LogP contribution is -2.15. The molecule has 2 aromatic rings. The maximum absolute atomic E-state index is 12.2. The van der Waals surface area contributed by atoms with Crippen molar-refractivity contribution in [2.75, 3.05) is 5.75 Å². The van der Waals surface area contributed by atoms with Crippen LogP contribution in [0.3, 0.4) is 0 Å². The van der Waals surface area contributed by atoms with E-state index in [1.807, 2.05) is 30.3 Å². The van der Waals surface area contributed by atoms with Crippen molar-refractivity contribution < 1.29 is 8.42 Å². The molecule has 0 bridgehead atoms. The van der Waals surface area contributed by atoms with Crippen molar-refractivity contribution in [3.8, 4) is 0 Å². The van der Waals surface area contributed by atoms with Gasteiger partial charge in [0, 0.05) is 6.54 Å². The quantitative estimate of drug-likeness (QED) is 0.706. The van der Waals surface area contributed by atoms with Crippen LogP contribution in [0.2, 0.25) is 0 Å². The first kappa shape index (κ1) is 16.6. The Morgan fingerprint density at radius 1 is 1.14 bits per heavy atom. The van der Waals surface area contributed by atoms with Crippen molar-refractivity contribution in [2.24, 2.45) is 0 Å². The molecule has 0 amide bonds. The van der Waals surface area contributed by atoms with E-state index in [2.05, 4.69) is 22.4 Å². The smallest absolute Gasteiger partial charge is 0.166 e. The molecule has 0 atom stereocenters. The maximum Gasteiger partial charge on any atom is 0.166 e. The Morgan fingerprint density at radius 2 is 1.91 bits per heavy atom. The highest BCUT2D eigenvalue weighted by molar-refractivity contribution is 7.90. The first-order valence-electron chi connectivity index (χ1n) is 7.60. The van der Waals surface area contributed by atoms with Gasteiger partial charge in [-0.15, -0.1) is 5.10 Å². The van der Waals surface area contributed by atoms with Gasteiger partial charge in [-0.2, -0.15) is 0 Å². The molecule has 0 aliphatic carbocycles. The third-order valence-electron chi connectivity index (χ3n) is 3.44. The number of aromatic nitrogens is 4. The highest BCUT2D eigenvalue weighted by Crippen LogP contribution is 2.08. The zero-order valence-electron chi connectivity index (χ0n) is 12.9. The van der Waals surface area contributed by atoms with E-state index >= 15 is 0 Å².